The van der Waals surface area contributed by atoms with Crippen LogP contribution in [-0.2, 0) is 0 Å². The second kappa shape index (κ2) is 7.34. The first kappa shape index (κ1) is 14.1. The van der Waals surface area contributed by atoms with E-state index >= 15 is 0 Å². The lowest BCUT2D eigenvalue weighted by molar-refractivity contribution is 0.321. The van der Waals surface area contributed by atoms with E-state index in [-0.39, 0.29) is 11.6 Å². The van der Waals surface area contributed by atoms with Gasteiger partial charge in [0.05, 0.1) is 6.61 Å². The molecule has 0 saturated carbocycles. The number of hydrogen-bond acceptors (Lipinski definition) is 2. The Labute approximate surface area is 118 Å². The third kappa shape index (κ3) is 4.12. The summed E-state index contributed by atoms with van der Waals surface area (Å²) >= 11 is 0. The average molecular weight is 271 g/mol. The van der Waals surface area contributed by atoms with Crippen LogP contribution in [0.25, 0.3) is 6.08 Å². The summed E-state index contributed by atoms with van der Waals surface area (Å²) in [4.78, 5) is 0. The van der Waals surface area contributed by atoms with Crippen molar-refractivity contribution in [2.24, 2.45) is 0 Å². The summed E-state index contributed by atoms with van der Waals surface area (Å²) in [5.41, 5.74) is 1.89. The summed E-state index contributed by atoms with van der Waals surface area (Å²) in [6, 6.07) is 14.9. The number of benzene rings is 2. The Morgan fingerprint density at radius 3 is 2.65 bits per heavy atom. The lowest BCUT2D eigenvalue weighted by Gasteiger charge is -2.07. The molecule has 0 aliphatic heterocycles. The average Bonchev–Trinajstić information content (AvgIpc) is 2.48. The normalized spacial score (nSPS) is 10.7. The molecule has 0 aliphatic rings. The Hall–Kier alpha value is -2.29. The summed E-state index contributed by atoms with van der Waals surface area (Å²) in [7, 11) is 0. The van der Waals surface area contributed by atoms with Gasteiger partial charge in [0, 0.05) is 18.3 Å². The van der Waals surface area contributed by atoms with Gasteiger partial charge in [-0.1, -0.05) is 42.5 Å². The Kier molecular flexibility index (Phi) is 5.18. The second-order valence-electron chi connectivity index (χ2n) is 4.27. The van der Waals surface area contributed by atoms with Gasteiger partial charge in [0.25, 0.3) is 0 Å². The fourth-order valence-electron chi connectivity index (χ4n) is 1.82. The standard InChI is InChI=1S/C17H18FNO/c1-2-20-17-11-10-15(13-16(17)18)19-12-6-9-14-7-4-3-5-8-14/h3-11,13,19H,2,12H2,1H3/b9-6+. The zero-order valence-corrected chi connectivity index (χ0v) is 11.5. The molecule has 2 aromatic carbocycles. The molecule has 0 heterocycles. The molecule has 20 heavy (non-hydrogen) atoms. The van der Waals surface area contributed by atoms with E-state index in [9.17, 15) is 4.39 Å². The van der Waals surface area contributed by atoms with Crippen molar-refractivity contribution in [3.63, 3.8) is 0 Å². The van der Waals surface area contributed by atoms with Crippen LogP contribution in [0.5, 0.6) is 5.75 Å². The van der Waals surface area contributed by atoms with Crippen LogP contribution < -0.4 is 10.1 Å². The predicted molar refractivity (Wildman–Crippen MR) is 81.5 cm³/mol. The molecule has 3 heteroatoms. The van der Waals surface area contributed by atoms with Gasteiger partial charge in [-0.25, -0.2) is 4.39 Å². The number of hydrogen-bond donors (Lipinski definition) is 1. The number of ether oxygens (including phenoxy) is 1. The minimum atomic E-state index is -0.344. The quantitative estimate of drug-likeness (QED) is 0.843. The zero-order valence-electron chi connectivity index (χ0n) is 11.5. The van der Waals surface area contributed by atoms with E-state index in [0.717, 1.165) is 11.3 Å². The molecular formula is C17H18FNO. The molecule has 0 atom stereocenters. The van der Waals surface area contributed by atoms with Crippen molar-refractivity contribution in [2.45, 2.75) is 6.92 Å². The van der Waals surface area contributed by atoms with Gasteiger partial charge in [0.15, 0.2) is 11.6 Å². The Bertz CT molecular complexity index is 566. The topological polar surface area (TPSA) is 21.3 Å². The van der Waals surface area contributed by atoms with E-state index in [4.69, 9.17) is 4.74 Å². The minimum Gasteiger partial charge on any atom is -0.491 e. The van der Waals surface area contributed by atoms with Crippen molar-refractivity contribution in [3.8, 4) is 5.75 Å². The Morgan fingerprint density at radius 2 is 1.95 bits per heavy atom. The Morgan fingerprint density at radius 1 is 1.15 bits per heavy atom. The number of halogens is 1. The highest BCUT2D eigenvalue weighted by Gasteiger charge is 2.03. The van der Waals surface area contributed by atoms with Gasteiger partial charge in [-0.3, -0.25) is 0 Å². The monoisotopic (exact) mass is 271 g/mol. The molecule has 0 spiro atoms. The maximum absolute atomic E-state index is 13.6. The first-order chi connectivity index (χ1) is 9.79. The van der Waals surface area contributed by atoms with Gasteiger partial charge < -0.3 is 10.1 Å². The molecule has 0 aliphatic carbocycles. The van der Waals surface area contributed by atoms with Gasteiger partial charge in [0.1, 0.15) is 0 Å². The van der Waals surface area contributed by atoms with Gasteiger partial charge in [0.2, 0.25) is 0 Å². The summed E-state index contributed by atoms with van der Waals surface area (Å²) in [5, 5.41) is 3.14. The first-order valence-electron chi connectivity index (χ1n) is 6.67. The molecule has 2 aromatic rings. The van der Waals surface area contributed by atoms with Crippen LogP contribution >= 0.6 is 0 Å². The van der Waals surface area contributed by atoms with Crippen molar-refractivity contribution in [1.82, 2.24) is 0 Å². The van der Waals surface area contributed by atoms with Gasteiger partial charge in [-0.2, -0.15) is 0 Å². The van der Waals surface area contributed by atoms with E-state index in [2.05, 4.69) is 5.32 Å². The van der Waals surface area contributed by atoms with E-state index < -0.39 is 0 Å². The van der Waals surface area contributed by atoms with Crippen LogP contribution in [0.2, 0.25) is 0 Å². The van der Waals surface area contributed by atoms with E-state index in [0.29, 0.717) is 13.2 Å². The molecule has 2 rings (SSSR count). The molecule has 0 bridgehead atoms. The molecule has 1 N–H and O–H groups in total. The molecule has 0 saturated heterocycles. The van der Waals surface area contributed by atoms with Crippen LogP contribution in [0.4, 0.5) is 10.1 Å². The van der Waals surface area contributed by atoms with Crippen LogP contribution in [0.3, 0.4) is 0 Å². The Balaban J connectivity index is 1.88. The largest absolute Gasteiger partial charge is 0.491 e. The summed E-state index contributed by atoms with van der Waals surface area (Å²) in [6.07, 6.45) is 4.03. The number of anilines is 1. The lowest BCUT2D eigenvalue weighted by Crippen LogP contribution is -2.00. The number of nitrogens with one attached hydrogen (secondary N) is 1. The van der Waals surface area contributed by atoms with Crippen molar-refractivity contribution >= 4 is 11.8 Å². The maximum atomic E-state index is 13.6. The maximum Gasteiger partial charge on any atom is 0.167 e. The third-order valence-electron chi connectivity index (χ3n) is 2.77. The molecule has 0 unspecified atom stereocenters. The summed E-state index contributed by atoms with van der Waals surface area (Å²) in [5.74, 6) is -0.0539. The van der Waals surface area contributed by atoms with Gasteiger partial charge >= 0.3 is 0 Å². The molecule has 104 valence electrons. The summed E-state index contributed by atoms with van der Waals surface area (Å²) in [6.45, 7) is 2.94. The predicted octanol–water partition coefficient (Wildman–Crippen LogP) is 4.35. The molecule has 0 radical (unpaired) electrons. The third-order valence-corrected chi connectivity index (χ3v) is 2.77. The van der Waals surface area contributed by atoms with Crippen LogP contribution in [0.1, 0.15) is 12.5 Å². The number of rotatable bonds is 6. The van der Waals surface area contributed by atoms with Crippen molar-refractivity contribution in [1.29, 1.82) is 0 Å². The highest BCUT2D eigenvalue weighted by molar-refractivity contribution is 5.51. The highest BCUT2D eigenvalue weighted by atomic mass is 19.1. The fraction of sp³-hybridized carbons (Fsp3) is 0.176. The highest BCUT2D eigenvalue weighted by Crippen LogP contribution is 2.20. The smallest absolute Gasteiger partial charge is 0.167 e. The van der Waals surface area contributed by atoms with Gasteiger partial charge in [-0.15, -0.1) is 0 Å². The van der Waals surface area contributed by atoms with E-state index in [1.165, 1.54) is 6.07 Å². The van der Waals surface area contributed by atoms with Crippen molar-refractivity contribution < 1.29 is 9.13 Å². The fourth-order valence-corrected chi connectivity index (χ4v) is 1.82. The zero-order chi connectivity index (χ0) is 14.2. The molecular weight excluding hydrogens is 253 g/mol. The molecule has 0 fully saturated rings. The van der Waals surface area contributed by atoms with E-state index in [1.54, 1.807) is 6.07 Å². The first-order valence-corrected chi connectivity index (χ1v) is 6.67. The van der Waals surface area contributed by atoms with E-state index in [1.807, 2.05) is 55.5 Å². The summed E-state index contributed by atoms with van der Waals surface area (Å²) < 4.78 is 18.8. The van der Waals surface area contributed by atoms with Crippen molar-refractivity contribution in [3.05, 3.63) is 66.0 Å². The molecule has 0 aromatic heterocycles. The molecule has 0 amide bonds. The van der Waals surface area contributed by atoms with Crippen LogP contribution in [-0.4, -0.2) is 13.2 Å². The SMILES string of the molecule is CCOc1ccc(NC/C=C/c2ccccc2)cc1F. The lowest BCUT2D eigenvalue weighted by atomic mass is 10.2. The van der Waals surface area contributed by atoms with Gasteiger partial charge in [-0.05, 0) is 24.6 Å². The van der Waals surface area contributed by atoms with Crippen LogP contribution in [0, 0.1) is 5.82 Å². The minimum absolute atomic E-state index is 0.290. The van der Waals surface area contributed by atoms with Crippen molar-refractivity contribution in [2.75, 3.05) is 18.5 Å². The van der Waals surface area contributed by atoms with Crippen LogP contribution in [0.15, 0.2) is 54.6 Å². The second-order valence-corrected chi connectivity index (χ2v) is 4.27. The molecule has 2 nitrogen and oxygen atoms in total.